The van der Waals surface area contributed by atoms with Crippen LogP contribution in [0.3, 0.4) is 0 Å². The fourth-order valence-electron chi connectivity index (χ4n) is 2.34. The lowest BCUT2D eigenvalue weighted by Crippen LogP contribution is -2.31. The van der Waals surface area contributed by atoms with Crippen LogP contribution in [0, 0.1) is 6.92 Å². The highest BCUT2D eigenvalue weighted by Crippen LogP contribution is 2.26. The number of halogens is 1. The Bertz CT molecular complexity index is 969. The van der Waals surface area contributed by atoms with Gasteiger partial charge in [0.2, 0.25) is 15.9 Å². The van der Waals surface area contributed by atoms with Crippen molar-refractivity contribution in [1.82, 2.24) is 9.46 Å². The fourth-order valence-corrected chi connectivity index (χ4v) is 4.30. The van der Waals surface area contributed by atoms with Gasteiger partial charge in [0.15, 0.2) is 6.61 Å². The van der Waals surface area contributed by atoms with Crippen LogP contribution in [0.5, 0.6) is 0 Å². The third-order valence-electron chi connectivity index (χ3n) is 3.72. The number of hydrogen-bond acceptors (Lipinski definition) is 7. The zero-order valence-corrected chi connectivity index (χ0v) is 17.1. The lowest BCUT2D eigenvalue weighted by atomic mass is 10.2. The molecule has 0 aliphatic carbocycles. The molecule has 0 aliphatic rings. The number of nitrogens with zero attached hydrogens (tertiary/aromatic N) is 2. The fraction of sp³-hybridized carbons (Fsp3) is 0.353. The van der Waals surface area contributed by atoms with Gasteiger partial charge in [0.1, 0.15) is 4.90 Å². The second-order valence-corrected chi connectivity index (χ2v) is 8.00. The summed E-state index contributed by atoms with van der Waals surface area (Å²) in [6.45, 7) is 5.00. The average Bonchev–Trinajstić information content (AvgIpc) is 3.05. The van der Waals surface area contributed by atoms with Crippen LogP contribution >= 0.6 is 11.6 Å². The number of aryl methyl sites for hydroxylation is 1. The van der Waals surface area contributed by atoms with Gasteiger partial charge in [0, 0.05) is 19.2 Å². The van der Waals surface area contributed by atoms with Crippen molar-refractivity contribution in [3.8, 4) is 0 Å². The van der Waals surface area contributed by atoms with E-state index in [4.69, 9.17) is 20.9 Å². The number of esters is 1. The third kappa shape index (κ3) is 5.09. The number of nitrogens with one attached hydrogen (secondary N) is 1. The van der Waals surface area contributed by atoms with Crippen molar-refractivity contribution in [3.63, 3.8) is 0 Å². The molecule has 2 aromatic rings. The first-order valence-electron chi connectivity index (χ1n) is 8.39. The summed E-state index contributed by atoms with van der Waals surface area (Å²) in [4.78, 5) is 23.8. The third-order valence-corrected chi connectivity index (χ3v) is 6.25. The molecule has 11 heteroatoms. The summed E-state index contributed by atoms with van der Waals surface area (Å²) < 4.78 is 36.3. The second kappa shape index (κ2) is 9.18. The molecular weight excluding hydrogens is 410 g/mol. The molecule has 0 bridgehead atoms. The first-order valence-corrected chi connectivity index (χ1v) is 10.2. The number of aromatic nitrogens is 1. The van der Waals surface area contributed by atoms with Gasteiger partial charge in [0.25, 0.3) is 5.91 Å². The monoisotopic (exact) mass is 429 g/mol. The summed E-state index contributed by atoms with van der Waals surface area (Å²) in [5, 5.41) is 5.97. The molecule has 9 nitrogen and oxygen atoms in total. The lowest BCUT2D eigenvalue weighted by molar-refractivity contribution is -0.119. The first-order chi connectivity index (χ1) is 13.2. The van der Waals surface area contributed by atoms with Gasteiger partial charge < -0.3 is 9.26 Å². The van der Waals surface area contributed by atoms with Crippen molar-refractivity contribution < 1.29 is 27.3 Å². The summed E-state index contributed by atoms with van der Waals surface area (Å²) in [5.41, 5.74) is 0.536. The molecule has 0 saturated carbocycles. The molecule has 1 N–H and O–H groups in total. The Balaban J connectivity index is 2.10. The van der Waals surface area contributed by atoms with Gasteiger partial charge in [-0.3, -0.25) is 10.1 Å². The summed E-state index contributed by atoms with van der Waals surface area (Å²) in [6, 6.07) is 5.26. The molecule has 2 rings (SSSR count). The molecule has 1 amide bonds. The minimum absolute atomic E-state index is 0.0121. The van der Waals surface area contributed by atoms with Gasteiger partial charge in [-0.1, -0.05) is 30.6 Å². The first kappa shape index (κ1) is 21.9. The molecule has 152 valence electrons. The van der Waals surface area contributed by atoms with Gasteiger partial charge in [-0.25, -0.2) is 13.2 Å². The molecule has 0 aliphatic heterocycles. The standard InChI is InChI=1S/C17H20ClN3O6S/c1-4-21(5-2)28(24,25)14-9-12(6-7-13(14)18)17(23)26-10-15(22)19-16-8-11(3)20-27-16/h6-9H,4-5,10H2,1-3H3,(H,19,22). The number of benzene rings is 1. The lowest BCUT2D eigenvalue weighted by Gasteiger charge is -2.19. The van der Waals surface area contributed by atoms with Crippen LogP contribution in [-0.4, -0.2) is 49.5 Å². The van der Waals surface area contributed by atoms with Gasteiger partial charge in [-0.2, -0.15) is 4.31 Å². The quantitative estimate of drug-likeness (QED) is 0.640. The Hall–Kier alpha value is -2.43. The highest BCUT2D eigenvalue weighted by atomic mass is 35.5. The van der Waals surface area contributed by atoms with Crippen LogP contribution in [0.25, 0.3) is 0 Å². The van der Waals surface area contributed by atoms with Gasteiger partial charge in [-0.05, 0) is 25.1 Å². The van der Waals surface area contributed by atoms with Crippen LogP contribution in [-0.2, 0) is 19.6 Å². The summed E-state index contributed by atoms with van der Waals surface area (Å²) in [7, 11) is -3.86. The molecule has 0 spiro atoms. The molecule has 0 saturated heterocycles. The van der Waals surface area contributed by atoms with E-state index in [-0.39, 0.29) is 34.5 Å². The molecule has 1 heterocycles. The van der Waals surface area contributed by atoms with Crippen molar-refractivity contribution in [2.45, 2.75) is 25.7 Å². The number of carbonyl (C=O) groups is 2. The van der Waals surface area contributed by atoms with Crippen molar-refractivity contribution in [2.24, 2.45) is 0 Å². The molecule has 28 heavy (non-hydrogen) atoms. The van der Waals surface area contributed by atoms with Crippen LogP contribution in [0.15, 0.2) is 33.7 Å². The molecule has 0 radical (unpaired) electrons. The van der Waals surface area contributed by atoms with Crippen LogP contribution < -0.4 is 5.32 Å². The molecule has 1 aromatic heterocycles. The predicted octanol–water partition coefficient (Wildman–Crippen LogP) is 2.46. The van der Waals surface area contributed by atoms with E-state index in [1.807, 2.05) is 0 Å². The van der Waals surface area contributed by atoms with Crippen molar-refractivity contribution in [2.75, 3.05) is 25.0 Å². The van der Waals surface area contributed by atoms with Crippen molar-refractivity contribution in [1.29, 1.82) is 0 Å². The zero-order valence-electron chi connectivity index (χ0n) is 15.6. The Morgan fingerprint density at radius 3 is 2.50 bits per heavy atom. The van der Waals surface area contributed by atoms with E-state index in [0.29, 0.717) is 5.69 Å². The molecule has 0 fully saturated rings. The largest absolute Gasteiger partial charge is 0.452 e. The maximum absolute atomic E-state index is 12.7. The van der Waals surface area contributed by atoms with Gasteiger partial charge >= 0.3 is 5.97 Å². The van der Waals surface area contributed by atoms with Crippen LogP contribution in [0.2, 0.25) is 5.02 Å². The second-order valence-electron chi connectivity index (χ2n) is 5.69. The minimum atomic E-state index is -3.86. The number of ether oxygens (including phenoxy) is 1. The van der Waals surface area contributed by atoms with Gasteiger partial charge in [0.05, 0.1) is 16.3 Å². The summed E-state index contributed by atoms with van der Waals surface area (Å²) >= 11 is 6.02. The maximum Gasteiger partial charge on any atom is 0.338 e. The Morgan fingerprint density at radius 1 is 1.25 bits per heavy atom. The Morgan fingerprint density at radius 2 is 1.93 bits per heavy atom. The number of hydrogen-bond donors (Lipinski definition) is 1. The van der Waals surface area contributed by atoms with Crippen molar-refractivity contribution >= 4 is 39.4 Å². The normalized spacial score (nSPS) is 11.5. The van der Waals surface area contributed by atoms with Crippen LogP contribution in [0.1, 0.15) is 29.9 Å². The van der Waals surface area contributed by atoms with E-state index in [1.54, 1.807) is 20.8 Å². The van der Waals surface area contributed by atoms with E-state index >= 15 is 0 Å². The number of amides is 1. The number of carbonyl (C=O) groups excluding carboxylic acids is 2. The predicted molar refractivity (Wildman–Crippen MR) is 102 cm³/mol. The van der Waals surface area contributed by atoms with Crippen molar-refractivity contribution in [3.05, 3.63) is 40.5 Å². The molecule has 0 atom stereocenters. The number of rotatable bonds is 8. The SMILES string of the molecule is CCN(CC)S(=O)(=O)c1cc(C(=O)OCC(=O)Nc2cc(C)no2)ccc1Cl. The summed E-state index contributed by atoms with van der Waals surface area (Å²) in [6.07, 6.45) is 0. The Kier molecular flexibility index (Phi) is 7.17. The van der Waals surface area contributed by atoms with E-state index < -0.39 is 28.5 Å². The van der Waals surface area contributed by atoms with Gasteiger partial charge in [-0.15, -0.1) is 0 Å². The maximum atomic E-state index is 12.7. The average molecular weight is 430 g/mol. The number of sulfonamides is 1. The van der Waals surface area contributed by atoms with E-state index in [0.717, 1.165) is 6.07 Å². The summed E-state index contributed by atoms with van der Waals surface area (Å²) in [5.74, 6) is -1.37. The van der Waals surface area contributed by atoms with E-state index in [2.05, 4.69) is 10.5 Å². The molecule has 1 aromatic carbocycles. The van der Waals surface area contributed by atoms with E-state index in [1.165, 1.54) is 22.5 Å². The highest BCUT2D eigenvalue weighted by Gasteiger charge is 2.26. The zero-order chi connectivity index (χ0) is 20.9. The minimum Gasteiger partial charge on any atom is -0.452 e. The molecule has 0 unspecified atom stereocenters. The number of anilines is 1. The molecular formula is C17H20ClN3O6S. The Labute approximate surface area is 167 Å². The van der Waals surface area contributed by atoms with Crippen LogP contribution in [0.4, 0.5) is 5.88 Å². The van der Waals surface area contributed by atoms with E-state index in [9.17, 15) is 18.0 Å². The highest BCUT2D eigenvalue weighted by molar-refractivity contribution is 7.89. The smallest absolute Gasteiger partial charge is 0.338 e. The topological polar surface area (TPSA) is 119 Å².